The minimum absolute atomic E-state index is 0.0401. The smallest absolute Gasteiger partial charge is 0.264 e. The standard InChI is InChI=1S/C26H29ClN2O4S2/c1-2-33-25-12-7-6-11-24(25)29(35(31,32)23-15-13-22(27)14-16-23)19-26(30)28-17-8-18-34-20-21-9-4-3-5-10-21/h3-7,9-16H,2,8,17-20H2,1H3,(H,28,30). The lowest BCUT2D eigenvalue weighted by Crippen LogP contribution is -2.41. The lowest BCUT2D eigenvalue weighted by atomic mass is 10.2. The van der Waals surface area contributed by atoms with E-state index in [1.165, 1.54) is 29.8 Å². The number of anilines is 1. The molecule has 0 saturated carbocycles. The van der Waals surface area contributed by atoms with Crippen molar-refractivity contribution in [3.05, 3.63) is 89.4 Å². The van der Waals surface area contributed by atoms with Crippen molar-refractivity contribution in [1.82, 2.24) is 5.32 Å². The third kappa shape index (κ3) is 7.92. The number of para-hydroxylation sites is 2. The first-order valence-electron chi connectivity index (χ1n) is 11.3. The molecule has 0 radical (unpaired) electrons. The van der Waals surface area contributed by atoms with E-state index in [1.807, 2.05) is 25.1 Å². The van der Waals surface area contributed by atoms with Crippen LogP contribution in [-0.4, -0.2) is 39.8 Å². The third-order valence-electron chi connectivity index (χ3n) is 5.02. The second kappa shape index (κ2) is 13.4. The fourth-order valence-electron chi connectivity index (χ4n) is 3.33. The summed E-state index contributed by atoms with van der Waals surface area (Å²) in [6.07, 6.45) is 0.780. The zero-order valence-corrected chi connectivity index (χ0v) is 21.9. The first kappa shape index (κ1) is 26.9. The van der Waals surface area contributed by atoms with E-state index in [1.54, 1.807) is 36.0 Å². The number of hydrogen-bond acceptors (Lipinski definition) is 5. The van der Waals surface area contributed by atoms with Gasteiger partial charge in [0.1, 0.15) is 12.3 Å². The number of thioether (sulfide) groups is 1. The number of nitrogens with zero attached hydrogens (tertiary/aromatic N) is 1. The van der Waals surface area contributed by atoms with Crippen LogP contribution in [-0.2, 0) is 20.6 Å². The van der Waals surface area contributed by atoms with E-state index < -0.39 is 10.0 Å². The summed E-state index contributed by atoms with van der Waals surface area (Å²) >= 11 is 7.74. The number of benzene rings is 3. The van der Waals surface area contributed by atoms with Crippen LogP contribution in [0.5, 0.6) is 5.75 Å². The molecular formula is C26H29ClN2O4S2. The Morgan fingerprint density at radius 1 is 1.00 bits per heavy atom. The summed E-state index contributed by atoms with van der Waals surface area (Å²) in [7, 11) is -4.05. The topological polar surface area (TPSA) is 75.7 Å². The highest BCUT2D eigenvalue weighted by Crippen LogP contribution is 2.32. The van der Waals surface area contributed by atoms with E-state index in [0.29, 0.717) is 29.6 Å². The van der Waals surface area contributed by atoms with Crippen molar-refractivity contribution in [2.75, 3.05) is 29.8 Å². The molecule has 0 fully saturated rings. The van der Waals surface area contributed by atoms with Crippen LogP contribution in [0.3, 0.4) is 0 Å². The van der Waals surface area contributed by atoms with Crippen molar-refractivity contribution >= 4 is 45.0 Å². The third-order valence-corrected chi connectivity index (χ3v) is 8.16. The molecule has 3 aromatic rings. The van der Waals surface area contributed by atoms with Gasteiger partial charge < -0.3 is 10.1 Å². The van der Waals surface area contributed by atoms with Crippen molar-refractivity contribution in [3.8, 4) is 5.75 Å². The van der Waals surface area contributed by atoms with Crippen LogP contribution >= 0.6 is 23.4 Å². The lowest BCUT2D eigenvalue weighted by molar-refractivity contribution is -0.119. The van der Waals surface area contributed by atoms with Crippen LogP contribution in [0, 0.1) is 0 Å². The monoisotopic (exact) mass is 532 g/mol. The summed E-state index contributed by atoms with van der Waals surface area (Å²) in [5, 5.41) is 3.27. The molecule has 1 amide bonds. The summed E-state index contributed by atoms with van der Waals surface area (Å²) in [6, 6.07) is 22.9. The Hall–Kier alpha value is -2.68. The molecule has 3 rings (SSSR count). The number of nitrogens with one attached hydrogen (secondary N) is 1. The van der Waals surface area contributed by atoms with Gasteiger partial charge in [0.05, 0.1) is 17.2 Å². The van der Waals surface area contributed by atoms with E-state index in [2.05, 4.69) is 17.4 Å². The maximum Gasteiger partial charge on any atom is 0.264 e. The number of carbonyl (C=O) groups excluding carboxylic acids is 1. The van der Waals surface area contributed by atoms with Crippen LogP contribution in [0.4, 0.5) is 5.69 Å². The van der Waals surface area contributed by atoms with Crippen LogP contribution in [0.25, 0.3) is 0 Å². The van der Waals surface area contributed by atoms with Crippen LogP contribution in [0.1, 0.15) is 18.9 Å². The molecular weight excluding hydrogens is 504 g/mol. The first-order valence-corrected chi connectivity index (χ1v) is 14.3. The fourth-order valence-corrected chi connectivity index (χ4v) is 5.81. The molecule has 0 aliphatic rings. The van der Waals surface area contributed by atoms with Gasteiger partial charge in [-0.1, -0.05) is 54.1 Å². The predicted molar refractivity (Wildman–Crippen MR) is 144 cm³/mol. The molecule has 0 saturated heterocycles. The molecule has 0 atom stereocenters. The van der Waals surface area contributed by atoms with Crippen LogP contribution < -0.4 is 14.4 Å². The Balaban J connectivity index is 1.66. The average molecular weight is 533 g/mol. The second-order valence-electron chi connectivity index (χ2n) is 7.61. The SMILES string of the molecule is CCOc1ccccc1N(CC(=O)NCCCSCc1ccccc1)S(=O)(=O)c1ccc(Cl)cc1. The molecule has 0 aliphatic heterocycles. The number of sulfonamides is 1. The summed E-state index contributed by atoms with van der Waals surface area (Å²) < 4.78 is 33.8. The predicted octanol–water partition coefficient (Wildman–Crippen LogP) is 5.37. The van der Waals surface area contributed by atoms with Gasteiger partial charge >= 0.3 is 0 Å². The molecule has 35 heavy (non-hydrogen) atoms. The molecule has 9 heteroatoms. The largest absolute Gasteiger partial charge is 0.492 e. The van der Waals surface area contributed by atoms with E-state index in [-0.39, 0.29) is 17.3 Å². The zero-order valence-electron chi connectivity index (χ0n) is 19.5. The maximum absolute atomic E-state index is 13.5. The number of ether oxygens (including phenoxy) is 1. The first-order chi connectivity index (χ1) is 16.9. The van der Waals surface area contributed by atoms with E-state index >= 15 is 0 Å². The van der Waals surface area contributed by atoms with E-state index in [0.717, 1.165) is 22.2 Å². The lowest BCUT2D eigenvalue weighted by Gasteiger charge is -2.26. The Morgan fingerprint density at radius 3 is 2.40 bits per heavy atom. The maximum atomic E-state index is 13.5. The molecule has 3 aromatic carbocycles. The molecule has 1 N–H and O–H groups in total. The molecule has 0 heterocycles. The minimum atomic E-state index is -4.05. The van der Waals surface area contributed by atoms with Gasteiger partial charge in [-0.05, 0) is 61.1 Å². The Labute approximate surface area is 216 Å². The number of rotatable bonds is 13. The summed E-state index contributed by atoms with van der Waals surface area (Å²) in [4.78, 5) is 12.8. The van der Waals surface area contributed by atoms with Crippen LogP contribution in [0.2, 0.25) is 5.02 Å². The Morgan fingerprint density at radius 2 is 1.69 bits per heavy atom. The Bertz CT molecular complexity index is 1190. The van der Waals surface area contributed by atoms with Crippen molar-refractivity contribution in [2.24, 2.45) is 0 Å². The zero-order chi connectivity index (χ0) is 25.1. The van der Waals surface area contributed by atoms with Crippen LogP contribution in [0.15, 0.2) is 83.8 Å². The summed E-state index contributed by atoms with van der Waals surface area (Å²) in [6.45, 7) is 2.27. The molecule has 0 spiro atoms. The van der Waals surface area contributed by atoms with E-state index in [9.17, 15) is 13.2 Å². The average Bonchev–Trinajstić information content (AvgIpc) is 2.86. The van der Waals surface area contributed by atoms with Gasteiger partial charge in [0.15, 0.2) is 0 Å². The Kier molecular flexibility index (Phi) is 10.3. The highest BCUT2D eigenvalue weighted by atomic mass is 35.5. The summed E-state index contributed by atoms with van der Waals surface area (Å²) in [5.41, 5.74) is 1.57. The molecule has 6 nitrogen and oxygen atoms in total. The highest BCUT2D eigenvalue weighted by Gasteiger charge is 2.29. The van der Waals surface area contributed by atoms with Gasteiger partial charge in [-0.15, -0.1) is 0 Å². The number of carbonyl (C=O) groups is 1. The van der Waals surface area contributed by atoms with Gasteiger partial charge in [-0.2, -0.15) is 11.8 Å². The molecule has 0 unspecified atom stereocenters. The number of hydrogen-bond donors (Lipinski definition) is 1. The molecule has 186 valence electrons. The second-order valence-corrected chi connectivity index (χ2v) is 11.0. The summed E-state index contributed by atoms with van der Waals surface area (Å²) in [5.74, 6) is 1.80. The molecule has 0 aromatic heterocycles. The van der Waals surface area contributed by atoms with E-state index in [4.69, 9.17) is 16.3 Å². The van der Waals surface area contributed by atoms with Crippen molar-refractivity contribution in [1.29, 1.82) is 0 Å². The van der Waals surface area contributed by atoms with Gasteiger partial charge in [0.25, 0.3) is 10.0 Å². The van der Waals surface area contributed by atoms with Crippen molar-refractivity contribution in [3.63, 3.8) is 0 Å². The van der Waals surface area contributed by atoms with Crippen molar-refractivity contribution in [2.45, 2.75) is 24.0 Å². The number of halogens is 1. The van der Waals surface area contributed by atoms with Gasteiger partial charge in [-0.3, -0.25) is 9.10 Å². The molecule has 0 bridgehead atoms. The normalized spacial score (nSPS) is 11.1. The number of amides is 1. The minimum Gasteiger partial charge on any atom is -0.492 e. The molecule has 0 aliphatic carbocycles. The van der Waals surface area contributed by atoms with Crippen molar-refractivity contribution < 1.29 is 17.9 Å². The van der Waals surface area contributed by atoms with Gasteiger partial charge in [0.2, 0.25) is 5.91 Å². The van der Waals surface area contributed by atoms with Gasteiger partial charge in [0, 0.05) is 17.3 Å². The van der Waals surface area contributed by atoms with Gasteiger partial charge in [-0.25, -0.2) is 8.42 Å². The highest BCUT2D eigenvalue weighted by molar-refractivity contribution is 7.98. The fraction of sp³-hybridized carbons (Fsp3) is 0.269. The quantitative estimate of drug-likeness (QED) is 0.299.